The zero-order chi connectivity index (χ0) is 27.2. The molecular weight excluding hydrogens is 480 g/mol. The topological polar surface area (TPSA) is 98.6 Å². The summed E-state index contributed by atoms with van der Waals surface area (Å²) in [4.78, 5) is 30.7. The minimum atomic E-state index is -0.376. The summed E-state index contributed by atoms with van der Waals surface area (Å²) < 4.78 is 1.52. The molecule has 3 aromatic rings. The Labute approximate surface area is 224 Å². The molecule has 1 aliphatic heterocycles. The molecule has 0 aliphatic carbocycles. The molecule has 201 valence electrons. The summed E-state index contributed by atoms with van der Waals surface area (Å²) in [6, 6.07) is 13.5. The fourth-order valence-electron chi connectivity index (χ4n) is 5.01. The van der Waals surface area contributed by atoms with E-state index >= 15 is 0 Å². The number of amides is 2. The highest BCUT2D eigenvalue weighted by Gasteiger charge is 2.32. The van der Waals surface area contributed by atoms with Crippen LogP contribution in [0.4, 0.5) is 0 Å². The predicted octanol–water partition coefficient (Wildman–Crippen LogP) is 4.93. The Morgan fingerprint density at radius 1 is 1.03 bits per heavy atom. The maximum Gasteiger partial charge on any atom is 0.274 e. The lowest BCUT2D eigenvalue weighted by Gasteiger charge is -2.36. The van der Waals surface area contributed by atoms with Crippen molar-refractivity contribution in [2.45, 2.75) is 65.5 Å². The maximum atomic E-state index is 13.9. The number of aliphatic hydroxyl groups excluding tert-OH is 1. The van der Waals surface area contributed by atoms with Gasteiger partial charge in [0, 0.05) is 31.4 Å². The van der Waals surface area contributed by atoms with Crippen LogP contribution in [0.3, 0.4) is 0 Å². The lowest BCUT2D eigenvalue weighted by atomic mass is 9.93. The Hall–Kier alpha value is -3.65. The van der Waals surface area contributed by atoms with Crippen LogP contribution in [-0.2, 0) is 18.1 Å². The van der Waals surface area contributed by atoms with E-state index in [9.17, 15) is 19.8 Å². The monoisotopic (exact) mass is 517 g/mol. The number of benzene rings is 2. The van der Waals surface area contributed by atoms with Crippen LogP contribution < -0.4 is 0 Å². The first-order chi connectivity index (χ1) is 18.4. The average molecular weight is 518 g/mol. The predicted molar refractivity (Wildman–Crippen MR) is 145 cm³/mol. The van der Waals surface area contributed by atoms with Crippen molar-refractivity contribution in [1.29, 1.82) is 0 Å². The van der Waals surface area contributed by atoms with Crippen LogP contribution in [0, 0.1) is 6.92 Å². The number of nitrogens with zero attached hydrogens (tertiary/aromatic N) is 4. The van der Waals surface area contributed by atoms with Gasteiger partial charge in [0.05, 0.1) is 23.9 Å². The quantitative estimate of drug-likeness (QED) is 0.412. The summed E-state index contributed by atoms with van der Waals surface area (Å²) >= 11 is 0. The van der Waals surface area contributed by atoms with E-state index in [1.807, 2.05) is 36.1 Å². The molecule has 1 atom stereocenters. The standard InChI is InChI=1S/C30H37N4O4/c1-4-6-14-32(15-7-5-2)30(38)27-16-21(3)34(31-27)28-18-25(36)12-13-26(28)29(37)33-19-23-11-9-8-10-22(23)17-24(33)20-35/h8-13,16,18,24,35H,4-7,14-15,17,19-20H2,1-3H3/t24-/m0/s1. The zero-order valence-corrected chi connectivity index (χ0v) is 22.5. The van der Waals surface area contributed by atoms with E-state index in [0.717, 1.165) is 36.8 Å². The van der Waals surface area contributed by atoms with E-state index in [1.165, 1.54) is 22.9 Å². The molecule has 1 aliphatic rings. The largest absolute Gasteiger partial charge is 0.394 e. The lowest BCUT2D eigenvalue weighted by molar-refractivity contribution is 0.0544. The van der Waals surface area contributed by atoms with Crippen molar-refractivity contribution in [1.82, 2.24) is 19.6 Å². The average Bonchev–Trinajstić information content (AvgIpc) is 3.32. The molecule has 0 unspecified atom stereocenters. The second-order valence-corrected chi connectivity index (χ2v) is 10.0. The van der Waals surface area contributed by atoms with Crippen molar-refractivity contribution in [2.24, 2.45) is 0 Å². The van der Waals surface area contributed by atoms with Gasteiger partial charge in [0.2, 0.25) is 0 Å². The van der Waals surface area contributed by atoms with E-state index in [-0.39, 0.29) is 30.2 Å². The number of carbonyl (C=O) groups is 2. The van der Waals surface area contributed by atoms with Crippen molar-refractivity contribution >= 4 is 11.8 Å². The van der Waals surface area contributed by atoms with Gasteiger partial charge in [-0.2, -0.15) is 5.10 Å². The van der Waals surface area contributed by atoms with E-state index in [0.29, 0.717) is 48.7 Å². The molecule has 2 aromatic carbocycles. The van der Waals surface area contributed by atoms with Crippen LogP contribution in [0.15, 0.2) is 48.5 Å². The molecule has 38 heavy (non-hydrogen) atoms. The van der Waals surface area contributed by atoms with E-state index in [2.05, 4.69) is 18.9 Å². The van der Waals surface area contributed by atoms with Gasteiger partial charge in [0.25, 0.3) is 11.8 Å². The van der Waals surface area contributed by atoms with Crippen LogP contribution in [0.1, 0.15) is 77.2 Å². The van der Waals surface area contributed by atoms with Gasteiger partial charge < -0.3 is 14.9 Å². The summed E-state index contributed by atoms with van der Waals surface area (Å²) in [5.74, 6) is -0.689. The molecule has 2 amide bonds. The number of carbonyl (C=O) groups excluding carboxylic acids is 2. The molecule has 2 heterocycles. The number of hydrogen-bond donors (Lipinski definition) is 1. The number of aryl methyl sites for hydroxylation is 1. The van der Waals surface area contributed by atoms with Gasteiger partial charge in [-0.3, -0.25) is 14.7 Å². The Morgan fingerprint density at radius 2 is 1.71 bits per heavy atom. The summed E-state index contributed by atoms with van der Waals surface area (Å²) in [5.41, 5.74) is 3.75. The zero-order valence-electron chi connectivity index (χ0n) is 22.5. The van der Waals surface area contributed by atoms with Crippen molar-refractivity contribution in [3.05, 3.63) is 76.6 Å². The Morgan fingerprint density at radius 3 is 2.37 bits per heavy atom. The minimum absolute atomic E-state index is 0.145. The minimum Gasteiger partial charge on any atom is -0.394 e. The van der Waals surface area contributed by atoms with Crippen LogP contribution in [0.25, 0.3) is 5.69 Å². The van der Waals surface area contributed by atoms with Crippen LogP contribution >= 0.6 is 0 Å². The smallest absolute Gasteiger partial charge is 0.274 e. The molecule has 8 nitrogen and oxygen atoms in total. The van der Waals surface area contributed by atoms with E-state index in [1.54, 1.807) is 11.0 Å². The SMILES string of the molecule is CCCCN(CCCC)C(=O)c1cc(C)n(-c2cc([O])ccc2C(=O)N2Cc3ccccc3C[C@H]2CO)n1. The van der Waals surface area contributed by atoms with E-state index < -0.39 is 0 Å². The first kappa shape index (κ1) is 27.4. The molecule has 1 radical (unpaired) electrons. The lowest BCUT2D eigenvalue weighted by Crippen LogP contribution is -2.46. The van der Waals surface area contributed by atoms with E-state index in [4.69, 9.17) is 0 Å². The molecule has 0 fully saturated rings. The van der Waals surface area contributed by atoms with Crippen LogP contribution in [-0.4, -0.2) is 62.2 Å². The molecular formula is C30H37N4O4. The molecule has 4 rings (SSSR count). The third kappa shape index (κ3) is 5.75. The fourth-order valence-corrected chi connectivity index (χ4v) is 5.01. The van der Waals surface area contributed by atoms with Crippen LogP contribution in [0.2, 0.25) is 0 Å². The molecule has 0 saturated heterocycles. The number of unbranched alkanes of at least 4 members (excludes halogenated alkanes) is 2. The molecule has 0 saturated carbocycles. The third-order valence-electron chi connectivity index (χ3n) is 7.21. The molecule has 8 heteroatoms. The van der Waals surface area contributed by atoms with Gasteiger partial charge in [0.15, 0.2) is 11.4 Å². The number of aromatic nitrogens is 2. The molecule has 1 N–H and O–H groups in total. The van der Waals surface area contributed by atoms with Gasteiger partial charge in [-0.15, -0.1) is 0 Å². The van der Waals surface area contributed by atoms with Gasteiger partial charge >= 0.3 is 0 Å². The second kappa shape index (κ2) is 12.3. The molecule has 0 spiro atoms. The fraction of sp³-hybridized carbons (Fsp3) is 0.433. The second-order valence-electron chi connectivity index (χ2n) is 10.0. The van der Waals surface area contributed by atoms with Crippen molar-refractivity contribution in [3.63, 3.8) is 0 Å². The Kier molecular flexibility index (Phi) is 8.84. The molecule has 0 bridgehead atoms. The Balaban J connectivity index is 1.68. The maximum absolute atomic E-state index is 13.9. The van der Waals surface area contributed by atoms with Crippen LogP contribution in [0.5, 0.6) is 5.75 Å². The van der Waals surface area contributed by atoms with Gasteiger partial charge in [-0.25, -0.2) is 4.68 Å². The number of hydrogen-bond acceptors (Lipinski definition) is 4. The first-order valence-electron chi connectivity index (χ1n) is 13.5. The highest BCUT2D eigenvalue weighted by molar-refractivity contribution is 5.98. The van der Waals surface area contributed by atoms with Crippen molar-refractivity contribution < 1.29 is 19.8 Å². The van der Waals surface area contributed by atoms with Crippen molar-refractivity contribution in [2.75, 3.05) is 19.7 Å². The number of aliphatic hydroxyl groups is 1. The third-order valence-corrected chi connectivity index (χ3v) is 7.21. The summed E-state index contributed by atoms with van der Waals surface area (Å²) in [6.07, 6.45) is 4.36. The van der Waals surface area contributed by atoms with Gasteiger partial charge in [0.1, 0.15) is 0 Å². The Bertz CT molecular complexity index is 1280. The summed E-state index contributed by atoms with van der Waals surface area (Å²) in [6.45, 7) is 7.53. The van der Waals surface area contributed by atoms with Gasteiger partial charge in [-0.1, -0.05) is 51.0 Å². The summed E-state index contributed by atoms with van der Waals surface area (Å²) in [5, 5.41) is 27.1. The number of fused-ring (bicyclic) bond motifs is 1. The molecule has 1 aromatic heterocycles. The van der Waals surface area contributed by atoms with Crippen molar-refractivity contribution in [3.8, 4) is 11.4 Å². The summed E-state index contributed by atoms with van der Waals surface area (Å²) in [7, 11) is 0. The first-order valence-corrected chi connectivity index (χ1v) is 13.5. The van der Waals surface area contributed by atoms with Gasteiger partial charge in [-0.05, 0) is 55.5 Å². The normalized spacial score (nSPS) is 14.8. The highest BCUT2D eigenvalue weighted by atomic mass is 16.3. The highest BCUT2D eigenvalue weighted by Crippen LogP contribution is 2.29. The number of rotatable bonds is 10.